The SMILES string of the molecule is C[C@]12CC[C@H]3[C@@H](CCC4CC(O)(C(F)(F)F)CC[C@@]43C)[C@@H]1CC[C@@H]2C(=O)CO. The molecule has 0 spiro atoms. The van der Waals surface area contributed by atoms with E-state index in [0.717, 1.165) is 38.5 Å². The Balaban J connectivity index is 1.57. The van der Waals surface area contributed by atoms with Crippen LogP contribution in [0.2, 0.25) is 0 Å². The fourth-order valence-corrected chi connectivity index (χ4v) is 8.14. The molecule has 0 radical (unpaired) electrons. The van der Waals surface area contributed by atoms with Gasteiger partial charge in [0.05, 0.1) is 0 Å². The number of fused-ring (bicyclic) bond motifs is 5. The first-order valence-corrected chi connectivity index (χ1v) is 10.9. The molecule has 0 saturated heterocycles. The van der Waals surface area contributed by atoms with Gasteiger partial charge in [-0.2, -0.15) is 13.2 Å². The highest BCUT2D eigenvalue weighted by atomic mass is 19.4. The number of ketones is 1. The molecule has 4 rings (SSSR count). The fourth-order valence-electron chi connectivity index (χ4n) is 8.14. The summed E-state index contributed by atoms with van der Waals surface area (Å²) in [6, 6.07) is 0. The molecule has 3 nitrogen and oxygen atoms in total. The zero-order chi connectivity index (χ0) is 20.5. The van der Waals surface area contributed by atoms with Gasteiger partial charge in [-0.1, -0.05) is 13.8 Å². The number of carbonyl (C=O) groups excluding carboxylic acids is 1. The predicted octanol–water partition coefficient (Wildman–Crippen LogP) is 4.50. The van der Waals surface area contributed by atoms with Crippen molar-refractivity contribution in [2.45, 2.75) is 83.4 Å². The Kier molecular flexibility index (Phi) is 4.75. The molecule has 0 aromatic carbocycles. The van der Waals surface area contributed by atoms with Gasteiger partial charge in [0.25, 0.3) is 0 Å². The molecule has 6 heteroatoms. The summed E-state index contributed by atoms with van der Waals surface area (Å²) < 4.78 is 40.3. The molecule has 0 aromatic heterocycles. The summed E-state index contributed by atoms with van der Waals surface area (Å²) in [6.45, 7) is 3.98. The number of aliphatic hydroxyl groups is 2. The first-order valence-electron chi connectivity index (χ1n) is 10.9. The number of alkyl halides is 3. The third-order valence-electron chi connectivity index (χ3n) is 9.80. The minimum Gasteiger partial charge on any atom is -0.389 e. The Morgan fingerprint density at radius 1 is 0.964 bits per heavy atom. The summed E-state index contributed by atoms with van der Waals surface area (Å²) in [4.78, 5) is 12.3. The molecular weight excluding hydrogens is 369 g/mol. The Morgan fingerprint density at radius 3 is 2.29 bits per heavy atom. The molecule has 4 saturated carbocycles. The van der Waals surface area contributed by atoms with Gasteiger partial charge in [-0.05, 0) is 92.3 Å². The van der Waals surface area contributed by atoms with Crippen LogP contribution in [0.5, 0.6) is 0 Å². The molecule has 0 amide bonds. The van der Waals surface area contributed by atoms with Gasteiger partial charge in [0, 0.05) is 5.92 Å². The van der Waals surface area contributed by atoms with Crippen LogP contribution < -0.4 is 0 Å². The maximum Gasteiger partial charge on any atom is 0.417 e. The van der Waals surface area contributed by atoms with Crippen molar-refractivity contribution in [1.29, 1.82) is 0 Å². The lowest BCUT2D eigenvalue weighted by molar-refractivity contribution is -0.290. The van der Waals surface area contributed by atoms with Crippen LogP contribution in [0.4, 0.5) is 13.2 Å². The summed E-state index contributed by atoms with van der Waals surface area (Å²) in [5.74, 6) is 1.05. The maximum atomic E-state index is 13.4. The van der Waals surface area contributed by atoms with Gasteiger partial charge in [-0.15, -0.1) is 0 Å². The van der Waals surface area contributed by atoms with Gasteiger partial charge in [-0.25, -0.2) is 0 Å². The molecule has 8 atom stereocenters. The van der Waals surface area contributed by atoms with Crippen molar-refractivity contribution in [2.75, 3.05) is 6.61 Å². The lowest BCUT2D eigenvalue weighted by Gasteiger charge is -2.62. The number of carbonyl (C=O) groups is 1. The largest absolute Gasteiger partial charge is 0.417 e. The van der Waals surface area contributed by atoms with Crippen LogP contribution in [-0.4, -0.2) is 34.4 Å². The van der Waals surface area contributed by atoms with Crippen molar-refractivity contribution >= 4 is 5.78 Å². The van der Waals surface area contributed by atoms with Gasteiger partial charge in [0.1, 0.15) is 6.61 Å². The minimum absolute atomic E-state index is 0.0451. The highest BCUT2D eigenvalue weighted by Gasteiger charge is 2.65. The first-order chi connectivity index (χ1) is 13.0. The predicted molar refractivity (Wildman–Crippen MR) is 98.3 cm³/mol. The van der Waals surface area contributed by atoms with Crippen LogP contribution >= 0.6 is 0 Å². The Morgan fingerprint density at radius 2 is 1.64 bits per heavy atom. The van der Waals surface area contributed by atoms with Crippen molar-refractivity contribution in [2.24, 2.45) is 40.4 Å². The van der Waals surface area contributed by atoms with E-state index in [9.17, 15) is 28.2 Å². The number of rotatable bonds is 2. The molecule has 2 unspecified atom stereocenters. The van der Waals surface area contributed by atoms with Crippen LogP contribution in [0.1, 0.15) is 71.6 Å². The van der Waals surface area contributed by atoms with Gasteiger partial charge < -0.3 is 10.2 Å². The molecule has 4 fully saturated rings. The van der Waals surface area contributed by atoms with E-state index >= 15 is 0 Å². The molecule has 0 heterocycles. The number of aliphatic hydroxyl groups excluding tert-OH is 1. The molecule has 0 aromatic rings. The van der Waals surface area contributed by atoms with E-state index in [4.69, 9.17) is 0 Å². The molecule has 0 aliphatic heterocycles. The second kappa shape index (κ2) is 6.44. The van der Waals surface area contributed by atoms with Crippen LogP contribution in [0, 0.1) is 40.4 Å². The number of Topliss-reactive ketones (excluding diaryl/α,β-unsaturated/α-hetero) is 1. The van der Waals surface area contributed by atoms with Crippen molar-refractivity contribution in [3.8, 4) is 0 Å². The van der Waals surface area contributed by atoms with E-state index in [2.05, 4.69) is 13.8 Å². The van der Waals surface area contributed by atoms with Gasteiger partial charge in [0.15, 0.2) is 11.4 Å². The number of hydrogen-bond acceptors (Lipinski definition) is 3. The van der Waals surface area contributed by atoms with E-state index in [1.165, 1.54) is 0 Å². The quantitative estimate of drug-likeness (QED) is 0.715. The minimum atomic E-state index is -4.56. The second-order valence-electron chi connectivity index (χ2n) is 10.7. The Labute approximate surface area is 165 Å². The van der Waals surface area contributed by atoms with E-state index < -0.39 is 18.4 Å². The van der Waals surface area contributed by atoms with E-state index in [-0.39, 0.29) is 41.3 Å². The Bertz CT molecular complexity index is 649. The van der Waals surface area contributed by atoms with Crippen molar-refractivity contribution in [1.82, 2.24) is 0 Å². The average molecular weight is 402 g/mol. The monoisotopic (exact) mass is 402 g/mol. The van der Waals surface area contributed by atoms with E-state index in [1.54, 1.807) is 0 Å². The highest BCUT2D eigenvalue weighted by molar-refractivity contribution is 5.83. The first kappa shape index (κ1) is 20.6. The van der Waals surface area contributed by atoms with Gasteiger partial charge >= 0.3 is 6.18 Å². The molecule has 4 aliphatic carbocycles. The average Bonchev–Trinajstić information content (AvgIpc) is 2.98. The highest BCUT2D eigenvalue weighted by Crippen LogP contribution is 2.68. The third-order valence-corrected chi connectivity index (χ3v) is 9.80. The van der Waals surface area contributed by atoms with Crippen LogP contribution in [0.15, 0.2) is 0 Å². The molecular formula is C22H33F3O3. The van der Waals surface area contributed by atoms with Gasteiger partial charge in [0.2, 0.25) is 0 Å². The number of hydrogen-bond donors (Lipinski definition) is 2. The summed E-state index contributed by atoms with van der Waals surface area (Å²) >= 11 is 0. The Hall–Kier alpha value is -0.620. The molecule has 28 heavy (non-hydrogen) atoms. The lowest BCUT2D eigenvalue weighted by Crippen LogP contribution is -2.59. The molecule has 4 aliphatic rings. The molecule has 160 valence electrons. The third kappa shape index (κ3) is 2.73. The maximum absolute atomic E-state index is 13.4. The normalized spacial score (nSPS) is 51.2. The fraction of sp³-hybridized carbons (Fsp3) is 0.955. The standard InChI is InChI=1S/C22H33F3O3/c1-19-9-10-21(28,22(23,24)25)11-13(19)3-4-14-15-5-6-17(18(27)12-26)20(15,2)8-7-16(14)19/h13-17,26,28H,3-12H2,1-2H3/t13?,14-,15-,16-,17+,19-,20-,21?/m0/s1. The smallest absolute Gasteiger partial charge is 0.389 e. The number of halogens is 3. The van der Waals surface area contributed by atoms with Crippen LogP contribution in [-0.2, 0) is 4.79 Å². The summed E-state index contributed by atoms with van der Waals surface area (Å²) in [5, 5.41) is 19.7. The van der Waals surface area contributed by atoms with E-state index in [0.29, 0.717) is 24.2 Å². The zero-order valence-corrected chi connectivity index (χ0v) is 16.9. The zero-order valence-electron chi connectivity index (χ0n) is 16.9. The second-order valence-corrected chi connectivity index (χ2v) is 10.7. The van der Waals surface area contributed by atoms with Crippen molar-refractivity contribution in [3.63, 3.8) is 0 Å². The van der Waals surface area contributed by atoms with Gasteiger partial charge in [-0.3, -0.25) is 4.79 Å². The van der Waals surface area contributed by atoms with Crippen molar-refractivity contribution in [3.05, 3.63) is 0 Å². The van der Waals surface area contributed by atoms with E-state index in [1.807, 2.05) is 0 Å². The van der Waals surface area contributed by atoms with Crippen molar-refractivity contribution < 1.29 is 28.2 Å². The summed E-state index contributed by atoms with van der Waals surface area (Å²) in [6.07, 6.45) is 0.839. The molecule has 0 bridgehead atoms. The summed E-state index contributed by atoms with van der Waals surface area (Å²) in [7, 11) is 0. The van der Waals surface area contributed by atoms with Crippen LogP contribution in [0.25, 0.3) is 0 Å². The lowest BCUT2D eigenvalue weighted by atomic mass is 9.43. The van der Waals surface area contributed by atoms with Crippen LogP contribution in [0.3, 0.4) is 0 Å². The summed E-state index contributed by atoms with van der Waals surface area (Å²) in [5.41, 5.74) is -2.76. The molecule has 2 N–H and O–H groups in total. The topological polar surface area (TPSA) is 57.5 Å².